The van der Waals surface area contributed by atoms with E-state index in [1.54, 1.807) is 0 Å². The van der Waals surface area contributed by atoms with E-state index in [1.165, 1.54) is 52.8 Å². The Balaban J connectivity index is 1.43. The molecule has 1 aromatic heterocycles. The molecular weight excluding hydrogens is 453 g/mol. The lowest BCUT2D eigenvalue weighted by Crippen LogP contribution is -2.48. The van der Waals surface area contributed by atoms with Gasteiger partial charge in [-0.25, -0.2) is 17.6 Å². The van der Waals surface area contributed by atoms with Gasteiger partial charge in [-0.1, -0.05) is 11.2 Å². The highest BCUT2D eigenvalue weighted by molar-refractivity contribution is 7.89. The first-order valence-corrected chi connectivity index (χ1v) is 11.7. The number of benzene rings is 2. The maximum Gasteiger partial charge on any atom is 0.338 e. The summed E-state index contributed by atoms with van der Waals surface area (Å²) >= 11 is 0. The van der Waals surface area contributed by atoms with Crippen molar-refractivity contribution in [3.8, 4) is 11.4 Å². The summed E-state index contributed by atoms with van der Waals surface area (Å²) in [5, 5.41) is 3.78. The third-order valence-corrected chi connectivity index (χ3v) is 6.82. The minimum Gasteiger partial charge on any atom is -0.452 e. The molecule has 9 nitrogen and oxygen atoms in total. The van der Waals surface area contributed by atoms with Gasteiger partial charge in [0.25, 0.3) is 5.89 Å². The first-order valence-electron chi connectivity index (χ1n) is 10.2. The van der Waals surface area contributed by atoms with Gasteiger partial charge in [0.15, 0.2) is 6.61 Å². The highest BCUT2D eigenvalue weighted by atomic mass is 32.2. The summed E-state index contributed by atoms with van der Waals surface area (Å²) < 4.78 is 56.4. The van der Waals surface area contributed by atoms with Crippen molar-refractivity contribution >= 4 is 16.0 Å². The zero-order valence-electron chi connectivity index (χ0n) is 18.0. The number of esters is 1. The van der Waals surface area contributed by atoms with E-state index in [1.807, 2.05) is 13.8 Å². The number of carbonyl (C=O) groups is 1. The first-order chi connectivity index (χ1) is 15.7. The van der Waals surface area contributed by atoms with Crippen LogP contribution in [0.25, 0.3) is 11.4 Å². The predicted molar refractivity (Wildman–Crippen MR) is 114 cm³/mol. The monoisotopic (exact) mass is 475 g/mol. The summed E-state index contributed by atoms with van der Waals surface area (Å²) in [6.45, 7) is 3.78. The molecule has 0 N–H and O–H groups in total. The fraction of sp³-hybridized carbons (Fsp3) is 0.318. The quantitative estimate of drug-likeness (QED) is 0.500. The summed E-state index contributed by atoms with van der Waals surface area (Å²) in [6, 6.07) is 11.2. The van der Waals surface area contributed by atoms with Crippen LogP contribution in [-0.2, 0) is 26.1 Å². The molecule has 2 atom stereocenters. The average molecular weight is 475 g/mol. The summed E-state index contributed by atoms with van der Waals surface area (Å²) in [5.41, 5.74) is 0.617. The van der Waals surface area contributed by atoms with E-state index in [9.17, 15) is 17.6 Å². The molecule has 1 saturated heterocycles. The molecule has 0 aliphatic carbocycles. The van der Waals surface area contributed by atoms with Crippen LogP contribution in [-0.4, -0.2) is 54.1 Å². The molecule has 11 heteroatoms. The number of carbonyl (C=O) groups excluding carboxylic acids is 1. The topological polar surface area (TPSA) is 112 Å². The number of ether oxygens (including phenoxy) is 2. The van der Waals surface area contributed by atoms with Gasteiger partial charge in [0, 0.05) is 18.7 Å². The van der Waals surface area contributed by atoms with Crippen LogP contribution in [0.2, 0.25) is 0 Å². The molecule has 174 valence electrons. The number of sulfonamides is 1. The van der Waals surface area contributed by atoms with Crippen LogP contribution in [0.15, 0.2) is 57.9 Å². The van der Waals surface area contributed by atoms with E-state index in [-0.39, 0.29) is 54.1 Å². The van der Waals surface area contributed by atoms with E-state index in [4.69, 9.17) is 14.0 Å². The number of morpholine rings is 1. The predicted octanol–water partition coefficient (Wildman–Crippen LogP) is 3.03. The highest BCUT2D eigenvalue weighted by Gasteiger charge is 2.32. The number of rotatable bonds is 6. The molecule has 2 unspecified atom stereocenters. The van der Waals surface area contributed by atoms with E-state index in [0.717, 1.165) is 0 Å². The van der Waals surface area contributed by atoms with Gasteiger partial charge in [-0.15, -0.1) is 0 Å². The number of hydrogen-bond acceptors (Lipinski definition) is 8. The zero-order valence-corrected chi connectivity index (χ0v) is 18.8. The van der Waals surface area contributed by atoms with Crippen LogP contribution in [0.5, 0.6) is 0 Å². The molecule has 0 spiro atoms. The Labute approximate surface area is 190 Å². The normalized spacial score (nSPS) is 19.4. The van der Waals surface area contributed by atoms with Gasteiger partial charge in [0.05, 0.1) is 22.7 Å². The number of aromatic nitrogens is 2. The van der Waals surface area contributed by atoms with Gasteiger partial charge >= 0.3 is 5.97 Å². The van der Waals surface area contributed by atoms with Crippen LogP contribution >= 0.6 is 0 Å². The smallest absolute Gasteiger partial charge is 0.338 e. The minimum atomic E-state index is -3.80. The lowest BCUT2D eigenvalue weighted by molar-refractivity contribution is -0.0440. The lowest BCUT2D eigenvalue weighted by Gasteiger charge is -2.34. The summed E-state index contributed by atoms with van der Waals surface area (Å²) in [7, 11) is -3.80. The van der Waals surface area contributed by atoms with Gasteiger partial charge in [-0.3, -0.25) is 0 Å². The molecular formula is C22H22FN3O6S. The molecule has 4 rings (SSSR count). The van der Waals surface area contributed by atoms with Crippen LogP contribution in [0.3, 0.4) is 0 Å². The SMILES string of the molecule is CC1CN(S(=O)(=O)c2cccc(C(=O)OCc3nc(-c4ccc(F)cc4)no3)c2)CC(C)O1. The molecule has 2 aromatic carbocycles. The van der Waals surface area contributed by atoms with E-state index in [0.29, 0.717) is 5.56 Å². The Morgan fingerprint density at radius 2 is 1.85 bits per heavy atom. The Morgan fingerprint density at radius 3 is 2.55 bits per heavy atom. The van der Waals surface area contributed by atoms with E-state index >= 15 is 0 Å². The van der Waals surface area contributed by atoms with Crippen molar-refractivity contribution in [2.45, 2.75) is 37.6 Å². The van der Waals surface area contributed by atoms with Crippen molar-refractivity contribution in [1.82, 2.24) is 14.4 Å². The maximum atomic E-state index is 13.1. The fourth-order valence-electron chi connectivity index (χ4n) is 3.50. The van der Waals surface area contributed by atoms with Gasteiger partial charge in [0.1, 0.15) is 5.82 Å². The molecule has 1 aliphatic rings. The Bertz CT molecular complexity index is 1240. The van der Waals surface area contributed by atoms with Crippen molar-refractivity contribution in [2.75, 3.05) is 13.1 Å². The Hall–Kier alpha value is -3.15. The second-order valence-electron chi connectivity index (χ2n) is 7.70. The average Bonchev–Trinajstić information content (AvgIpc) is 3.26. The molecule has 0 bridgehead atoms. The van der Waals surface area contributed by atoms with Crippen LogP contribution in [0.1, 0.15) is 30.1 Å². The molecule has 0 radical (unpaired) electrons. The minimum absolute atomic E-state index is 0.00497. The summed E-state index contributed by atoms with van der Waals surface area (Å²) in [5.74, 6) is -0.860. The lowest BCUT2D eigenvalue weighted by atomic mass is 10.2. The molecule has 1 aliphatic heterocycles. The van der Waals surface area contributed by atoms with E-state index < -0.39 is 21.8 Å². The van der Waals surface area contributed by atoms with Gasteiger partial charge in [-0.2, -0.15) is 9.29 Å². The van der Waals surface area contributed by atoms with Crippen LogP contribution < -0.4 is 0 Å². The van der Waals surface area contributed by atoms with Gasteiger partial charge in [0.2, 0.25) is 15.8 Å². The van der Waals surface area contributed by atoms with Crippen molar-refractivity contribution in [1.29, 1.82) is 0 Å². The van der Waals surface area contributed by atoms with E-state index in [2.05, 4.69) is 10.1 Å². The highest BCUT2D eigenvalue weighted by Crippen LogP contribution is 2.22. The second kappa shape index (κ2) is 9.38. The van der Waals surface area contributed by atoms with Crippen molar-refractivity contribution < 1.29 is 31.6 Å². The third-order valence-electron chi connectivity index (χ3n) is 4.99. The molecule has 33 heavy (non-hydrogen) atoms. The van der Waals surface area contributed by atoms with Crippen molar-refractivity contribution in [2.24, 2.45) is 0 Å². The van der Waals surface area contributed by atoms with Gasteiger partial charge in [-0.05, 0) is 56.3 Å². The fourth-order valence-corrected chi connectivity index (χ4v) is 5.14. The van der Waals surface area contributed by atoms with Crippen molar-refractivity contribution in [3.63, 3.8) is 0 Å². The van der Waals surface area contributed by atoms with Crippen LogP contribution in [0.4, 0.5) is 4.39 Å². The molecule has 3 aromatic rings. The largest absolute Gasteiger partial charge is 0.452 e. The first kappa shape index (κ1) is 23.0. The third kappa shape index (κ3) is 5.27. The zero-order chi connectivity index (χ0) is 23.6. The Morgan fingerprint density at radius 1 is 1.15 bits per heavy atom. The number of hydrogen-bond donors (Lipinski definition) is 0. The number of halogens is 1. The summed E-state index contributed by atoms with van der Waals surface area (Å²) in [4.78, 5) is 16.6. The molecule has 0 amide bonds. The Kier molecular flexibility index (Phi) is 6.54. The standard InChI is InChI=1S/C22H22FN3O6S/c1-14-11-26(12-15(2)31-14)33(28,29)19-5-3-4-17(10-19)22(27)30-13-20-24-21(25-32-20)16-6-8-18(23)9-7-16/h3-10,14-15H,11-13H2,1-2H3. The van der Waals surface area contributed by atoms with Crippen molar-refractivity contribution in [3.05, 3.63) is 65.8 Å². The maximum absolute atomic E-state index is 13.1. The van der Waals surface area contributed by atoms with Gasteiger partial charge < -0.3 is 14.0 Å². The summed E-state index contributed by atoms with van der Waals surface area (Å²) in [6.07, 6.45) is -0.461. The molecule has 2 heterocycles. The second-order valence-corrected chi connectivity index (χ2v) is 9.64. The number of nitrogens with zero attached hydrogens (tertiary/aromatic N) is 3. The van der Waals surface area contributed by atoms with Crippen LogP contribution in [0, 0.1) is 5.82 Å². The molecule has 0 saturated carbocycles. The molecule has 1 fully saturated rings.